The SMILES string of the molecule is C=C(C)C(=O)OCCCCCCCCCCOC(=O)C(=C)C.C=CC(=O)OCCCCCCCCCCCCOC(=O)C=C.C=CC(=O)OCCCCCCCCCCOC(=O)C=C.C=CC(=O)OCCOC(=O)C=C. The molecule has 0 aliphatic rings. The predicted molar refractivity (Wildman–Crippen MR) is 299 cm³/mol. The Morgan fingerprint density at radius 2 is 0.368 bits per heavy atom. The number of carbonyl (C=O) groups is 8. The zero-order valence-electron chi connectivity index (χ0n) is 46.7. The highest BCUT2D eigenvalue weighted by Gasteiger charge is 2.04. The van der Waals surface area contributed by atoms with Gasteiger partial charge in [0.1, 0.15) is 13.2 Å². The van der Waals surface area contributed by atoms with Gasteiger partial charge in [0.25, 0.3) is 0 Å². The maximum absolute atomic E-state index is 11.1. The fourth-order valence-electron chi connectivity index (χ4n) is 6.05. The summed E-state index contributed by atoms with van der Waals surface area (Å²) in [6.07, 6.45) is 35.8. The van der Waals surface area contributed by atoms with Crippen molar-refractivity contribution in [2.45, 2.75) is 181 Å². The van der Waals surface area contributed by atoms with Crippen molar-refractivity contribution in [3.05, 3.63) is 100 Å². The Morgan fingerprint density at radius 1 is 0.237 bits per heavy atom. The molecule has 0 N–H and O–H groups in total. The monoisotopic (exact) mass is 1070 g/mol. The average Bonchev–Trinajstić information content (AvgIpc) is 3.42. The van der Waals surface area contributed by atoms with Crippen molar-refractivity contribution in [2.75, 3.05) is 52.9 Å². The Kier molecular flexibility index (Phi) is 61.4. The third kappa shape index (κ3) is 65.7. The first-order valence-corrected chi connectivity index (χ1v) is 27.0. The third-order valence-electron chi connectivity index (χ3n) is 10.3. The average molecular weight is 1070 g/mol. The minimum Gasteiger partial charge on any atom is -0.463 e. The highest BCUT2D eigenvalue weighted by atomic mass is 16.6. The van der Waals surface area contributed by atoms with Crippen LogP contribution in [0.25, 0.3) is 0 Å². The molecule has 0 aliphatic carbocycles. The van der Waals surface area contributed by atoms with Gasteiger partial charge in [0.2, 0.25) is 0 Å². The van der Waals surface area contributed by atoms with Crippen molar-refractivity contribution in [2.24, 2.45) is 0 Å². The van der Waals surface area contributed by atoms with E-state index in [1.54, 1.807) is 13.8 Å². The highest BCUT2D eigenvalue weighted by Crippen LogP contribution is 2.12. The Bertz CT molecular complexity index is 1540. The lowest BCUT2D eigenvalue weighted by Gasteiger charge is -2.05. The van der Waals surface area contributed by atoms with E-state index < -0.39 is 11.9 Å². The van der Waals surface area contributed by atoms with Crippen molar-refractivity contribution in [1.82, 2.24) is 0 Å². The van der Waals surface area contributed by atoms with Crippen molar-refractivity contribution in [3.63, 3.8) is 0 Å². The maximum Gasteiger partial charge on any atom is 0.333 e. The van der Waals surface area contributed by atoms with E-state index in [1.807, 2.05) is 0 Å². The molecule has 0 aliphatic heterocycles. The number of unbranched alkanes of at least 4 members (excludes halogenated alkanes) is 23. The fraction of sp³-hybridized carbons (Fsp3) is 0.600. The molecule has 0 amide bonds. The van der Waals surface area contributed by atoms with Crippen LogP contribution in [0.5, 0.6) is 0 Å². The van der Waals surface area contributed by atoms with E-state index in [1.165, 1.54) is 88.5 Å². The Hall–Kier alpha value is -6.32. The van der Waals surface area contributed by atoms with Crippen LogP contribution in [0.3, 0.4) is 0 Å². The Morgan fingerprint density at radius 3 is 0.513 bits per heavy atom. The molecule has 0 bridgehead atoms. The largest absolute Gasteiger partial charge is 0.463 e. The van der Waals surface area contributed by atoms with Gasteiger partial charge in [-0.05, 0) is 52.4 Å². The van der Waals surface area contributed by atoms with Crippen molar-refractivity contribution in [3.8, 4) is 0 Å². The summed E-state index contributed by atoms with van der Waals surface area (Å²) < 4.78 is 38.7. The molecule has 0 fully saturated rings. The third-order valence-corrected chi connectivity index (χ3v) is 10.3. The van der Waals surface area contributed by atoms with E-state index in [9.17, 15) is 38.4 Å². The molecule has 0 atom stereocenters. The molecule has 0 rings (SSSR count). The molecular weight excluding hydrogens is 977 g/mol. The predicted octanol–water partition coefficient (Wildman–Crippen LogP) is 12.7. The maximum atomic E-state index is 11.1. The second-order valence-electron chi connectivity index (χ2n) is 17.3. The molecule has 0 unspecified atom stereocenters. The van der Waals surface area contributed by atoms with Gasteiger partial charge in [0.15, 0.2) is 0 Å². The van der Waals surface area contributed by atoms with Crippen molar-refractivity contribution < 1.29 is 76.3 Å². The second-order valence-corrected chi connectivity index (χ2v) is 17.3. The van der Waals surface area contributed by atoms with Crippen LogP contribution >= 0.6 is 0 Å². The first kappa shape index (κ1) is 76.2. The molecular formula is C60H96O16. The van der Waals surface area contributed by atoms with E-state index in [2.05, 4.69) is 62.1 Å². The number of rotatable bonds is 46. The zero-order valence-corrected chi connectivity index (χ0v) is 46.7. The molecule has 432 valence electrons. The first-order valence-electron chi connectivity index (χ1n) is 27.0. The van der Waals surface area contributed by atoms with E-state index in [0.717, 1.165) is 115 Å². The lowest BCUT2D eigenvalue weighted by Crippen LogP contribution is -2.10. The summed E-state index contributed by atoms with van der Waals surface area (Å²) in [5.41, 5.74) is 0.905. The van der Waals surface area contributed by atoms with Gasteiger partial charge in [0.05, 0.1) is 39.6 Å². The van der Waals surface area contributed by atoms with Gasteiger partial charge in [-0.25, -0.2) is 38.4 Å². The molecule has 0 saturated carbocycles. The van der Waals surface area contributed by atoms with E-state index in [0.29, 0.717) is 50.8 Å². The van der Waals surface area contributed by atoms with Crippen LogP contribution in [0, 0.1) is 0 Å². The van der Waals surface area contributed by atoms with Crippen LogP contribution in [0.1, 0.15) is 181 Å². The minimum absolute atomic E-state index is 0.0322. The van der Waals surface area contributed by atoms with Crippen LogP contribution in [0.15, 0.2) is 100 Å². The molecule has 16 heteroatoms. The lowest BCUT2D eigenvalue weighted by molar-refractivity contribution is -0.146. The first-order chi connectivity index (χ1) is 36.6. The number of ether oxygens (including phenoxy) is 8. The summed E-state index contributed by atoms with van der Waals surface area (Å²) in [7, 11) is 0. The summed E-state index contributed by atoms with van der Waals surface area (Å²) in [4.78, 5) is 86.2. The second kappa shape index (κ2) is 61.2. The number of esters is 8. The molecule has 0 aromatic rings. The topological polar surface area (TPSA) is 210 Å². The molecule has 0 saturated heterocycles. The fourth-order valence-corrected chi connectivity index (χ4v) is 6.05. The summed E-state index contributed by atoms with van der Waals surface area (Å²) in [6.45, 7) is 33.2. The van der Waals surface area contributed by atoms with Gasteiger partial charge in [-0.1, -0.05) is 181 Å². The van der Waals surface area contributed by atoms with Crippen LogP contribution in [-0.4, -0.2) is 101 Å². The number of carbonyl (C=O) groups excluding carboxylic acids is 8. The number of hydrogen-bond acceptors (Lipinski definition) is 16. The Balaban J connectivity index is -0.000000464. The molecule has 76 heavy (non-hydrogen) atoms. The van der Waals surface area contributed by atoms with E-state index in [-0.39, 0.29) is 49.0 Å². The molecule has 16 nitrogen and oxygen atoms in total. The van der Waals surface area contributed by atoms with Gasteiger partial charge < -0.3 is 37.9 Å². The highest BCUT2D eigenvalue weighted by molar-refractivity contribution is 5.87. The van der Waals surface area contributed by atoms with Gasteiger partial charge in [-0.15, -0.1) is 0 Å². The summed E-state index contributed by atoms with van der Waals surface area (Å²) >= 11 is 0. The van der Waals surface area contributed by atoms with Gasteiger partial charge in [0, 0.05) is 47.6 Å². The summed E-state index contributed by atoms with van der Waals surface area (Å²) in [5.74, 6) is -3.03. The standard InChI is InChI=1S/2C18H30O4.C16H26O4.C8H10O4/c1-15(2)17(19)21-13-11-9-7-5-6-8-10-12-14-22-18(20)16(3)4;1-3-17(19)21-15-13-11-9-7-5-6-8-10-12-14-16-22-18(20)4-2;1-3-15(17)19-13-11-9-7-5-6-8-10-12-14-20-16(18)4-2;1-3-7(9)11-5-6-12-8(10)4-2/h1,3,5-14H2,2,4H3;3-4H,1-2,5-16H2;3-4H,1-2,5-14H2;3-4H,1-2,5-6H2. The normalized spacial score (nSPS) is 9.71. The van der Waals surface area contributed by atoms with E-state index >= 15 is 0 Å². The molecule has 0 aromatic heterocycles. The smallest absolute Gasteiger partial charge is 0.333 e. The van der Waals surface area contributed by atoms with Crippen molar-refractivity contribution >= 4 is 47.8 Å². The summed E-state index contributed by atoms with van der Waals surface area (Å²) in [6, 6.07) is 0. The zero-order chi connectivity index (χ0) is 57.7. The van der Waals surface area contributed by atoms with Gasteiger partial charge in [-0.2, -0.15) is 0 Å². The molecule has 0 heterocycles. The molecule has 0 spiro atoms. The molecule has 0 radical (unpaired) electrons. The van der Waals surface area contributed by atoms with Crippen LogP contribution in [0.4, 0.5) is 0 Å². The van der Waals surface area contributed by atoms with Crippen molar-refractivity contribution in [1.29, 1.82) is 0 Å². The van der Waals surface area contributed by atoms with E-state index in [4.69, 9.17) is 28.4 Å². The lowest BCUT2D eigenvalue weighted by atomic mass is 10.1. The quantitative estimate of drug-likeness (QED) is 0.0240. The number of hydrogen-bond donors (Lipinski definition) is 0. The molecule has 0 aromatic carbocycles. The van der Waals surface area contributed by atoms with Crippen LogP contribution in [-0.2, 0) is 76.3 Å². The van der Waals surface area contributed by atoms with Crippen LogP contribution < -0.4 is 0 Å². The minimum atomic E-state index is -0.537. The van der Waals surface area contributed by atoms with Gasteiger partial charge >= 0.3 is 47.8 Å². The van der Waals surface area contributed by atoms with Gasteiger partial charge in [-0.3, -0.25) is 0 Å². The van der Waals surface area contributed by atoms with Crippen LogP contribution in [0.2, 0.25) is 0 Å². The summed E-state index contributed by atoms with van der Waals surface area (Å²) in [5, 5.41) is 0. The Labute approximate surface area is 456 Å².